The number of carbonyl (C=O) groups excluding carboxylic acids is 1. The minimum atomic E-state index is -0.719. The molecule has 2 rings (SSSR count). The van der Waals surface area contributed by atoms with Gasteiger partial charge in [-0.15, -0.1) is 0 Å². The molecule has 4 nitrogen and oxygen atoms in total. The predicted molar refractivity (Wildman–Crippen MR) is 49.7 cm³/mol. The molecular formula is C10H15NO3. The highest BCUT2D eigenvalue weighted by Gasteiger charge is 2.55. The lowest BCUT2D eigenvalue weighted by Gasteiger charge is -2.23. The van der Waals surface area contributed by atoms with Gasteiger partial charge in [-0.2, -0.15) is 0 Å². The average Bonchev–Trinajstić information content (AvgIpc) is 2.85. The largest absolute Gasteiger partial charge is 0.481 e. The summed E-state index contributed by atoms with van der Waals surface area (Å²) in [7, 11) is 0. The number of carbonyl (C=O) groups is 2. The monoisotopic (exact) mass is 197 g/mol. The number of hydrogen-bond acceptors (Lipinski definition) is 2. The quantitative estimate of drug-likeness (QED) is 0.709. The van der Waals surface area contributed by atoms with Crippen molar-refractivity contribution in [2.75, 3.05) is 13.1 Å². The Morgan fingerprint density at radius 3 is 2.43 bits per heavy atom. The summed E-state index contributed by atoms with van der Waals surface area (Å²) in [5, 5.41) is 9.24. The third kappa shape index (κ3) is 1.29. The van der Waals surface area contributed by atoms with Crippen molar-refractivity contribution in [3.8, 4) is 0 Å². The van der Waals surface area contributed by atoms with E-state index in [1.54, 1.807) is 4.90 Å². The number of rotatable bonds is 2. The van der Waals surface area contributed by atoms with E-state index in [9.17, 15) is 14.7 Å². The molecule has 1 heterocycles. The van der Waals surface area contributed by atoms with Crippen LogP contribution in [0.2, 0.25) is 0 Å². The van der Waals surface area contributed by atoms with Gasteiger partial charge < -0.3 is 10.0 Å². The van der Waals surface area contributed by atoms with Crippen LogP contribution in [0.5, 0.6) is 0 Å². The van der Waals surface area contributed by atoms with Gasteiger partial charge in [-0.3, -0.25) is 9.59 Å². The molecule has 2 aliphatic rings. The first-order valence-corrected chi connectivity index (χ1v) is 5.05. The molecular weight excluding hydrogens is 182 g/mol. The second kappa shape index (κ2) is 2.97. The Morgan fingerprint density at radius 2 is 2.07 bits per heavy atom. The van der Waals surface area contributed by atoms with Gasteiger partial charge in [0.2, 0.25) is 5.91 Å². The molecule has 0 radical (unpaired) electrons. The van der Waals surface area contributed by atoms with Crippen LogP contribution in [-0.4, -0.2) is 35.0 Å². The van der Waals surface area contributed by atoms with E-state index in [1.807, 2.05) is 0 Å². The zero-order chi connectivity index (χ0) is 10.3. The van der Waals surface area contributed by atoms with Crippen LogP contribution in [0.15, 0.2) is 0 Å². The van der Waals surface area contributed by atoms with E-state index in [0.717, 1.165) is 12.8 Å². The Labute approximate surface area is 82.9 Å². The van der Waals surface area contributed by atoms with Gasteiger partial charge in [0.25, 0.3) is 0 Å². The fourth-order valence-electron chi connectivity index (χ4n) is 2.42. The van der Waals surface area contributed by atoms with E-state index in [-0.39, 0.29) is 5.91 Å². The van der Waals surface area contributed by atoms with Crippen LogP contribution < -0.4 is 0 Å². The zero-order valence-corrected chi connectivity index (χ0v) is 8.32. The minimum absolute atomic E-state index is 0.00576. The lowest BCUT2D eigenvalue weighted by Crippen LogP contribution is -2.37. The Kier molecular flexibility index (Phi) is 2.01. The number of carboxylic acid groups (broad SMARTS) is 1. The Hall–Kier alpha value is -1.06. The lowest BCUT2D eigenvalue weighted by atomic mass is 9.82. The summed E-state index contributed by atoms with van der Waals surface area (Å²) >= 11 is 0. The molecule has 1 unspecified atom stereocenters. The Morgan fingerprint density at radius 1 is 1.43 bits per heavy atom. The van der Waals surface area contributed by atoms with Gasteiger partial charge in [0.1, 0.15) is 0 Å². The van der Waals surface area contributed by atoms with E-state index >= 15 is 0 Å². The smallest absolute Gasteiger partial charge is 0.311 e. The number of nitrogens with zero attached hydrogens (tertiary/aromatic N) is 1. The Bertz CT molecular complexity index is 285. The molecule has 1 aliphatic carbocycles. The van der Waals surface area contributed by atoms with E-state index in [2.05, 4.69) is 0 Å². The maximum absolute atomic E-state index is 11.2. The maximum atomic E-state index is 11.2. The van der Waals surface area contributed by atoms with E-state index in [1.165, 1.54) is 6.92 Å². The highest BCUT2D eigenvalue weighted by molar-refractivity contribution is 5.80. The molecule has 1 atom stereocenters. The lowest BCUT2D eigenvalue weighted by molar-refractivity contribution is -0.149. The van der Waals surface area contributed by atoms with Crippen LogP contribution in [0.4, 0.5) is 0 Å². The number of carboxylic acids is 1. The molecule has 0 aromatic rings. The second-order valence-corrected chi connectivity index (χ2v) is 4.43. The van der Waals surface area contributed by atoms with Crippen molar-refractivity contribution in [3.63, 3.8) is 0 Å². The van der Waals surface area contributed by atoms with Crippen molar-refractivity contribution in [1.82, 2.24) is 4.90 Å². The highest BCUT2D eigenvalue weighted by Crippen LogP contribution is 2.51. The SMILES string of the molecule is CC(=O)N1CCC(C(=O)O)(C2CC2)C1. The van der Waals surface area contributed by atoms with Gasteiger partial charge in [-0.05, 0) is 25.2 Å². The number of aliphatic carboxylic acids is 1. The summed E-state index contributed by atoms with van der Waals surface area (Å²) in [5.41, 5.74) is -0.619. The summed E-state index contributed by atoms with van der Waals surface area (Å²) in [6.07, 6.45) is 2.66. The number of likely N-dealkylation sites (tertiary alicyclic amines) is 1. The number of hydrogen-bond donors (Lipinski definition) is 1. The number of amides is 1. The third-order valence-electron chi connectivity index (χ3n) is 3.53. The molecule has 0 aromatic carbocycles. The Balaban J connectivity index is 2.15. The average molecular weight is 197 g/mol. The van der Waals surface area contributed by atoms with Gasteiger partial charge in [-0.25, -0.2) is 0 Å². The van der Waals surface area contributed by atoms with Crippen molar-refractivity contribution < 1.29 is 14.7 Å². The van der Waals surface area contributed by atoms with Crippen molar-refractivity contribution in [2.45, 2.75) is 26.2 Å². The molecule has 1 aliphatic heterocycles. The van der Waals surface area contributed by atoms with Crippen molar-refractivity contribution >= 4 is 11.9 Å². The standard InChI is InChI=1S/C10H15NO3/c1-7(12)11-5-4-10(6-11,9(13)14)8-2-3-8/h8H,2-6H2,1H3,(H,13,14). The predicted octanol–water partition coefficient (Wildman–Crippen LogP) is 0.720. The molecule has 1 saturated heterocycles. The van der Waals surface area contributed by atoms with Gasteiger partial charge in [0, 0.05) is 20.0 Å². The molecule has 1 N–H and O–H groups in total. The van der Waals surface area contributed by atoms with Gasteiger partial charge >= 0.3 is 5.97 Å². The minimum Gasteiger partial charge on any atom is -0.481 e. The fourth-order valence-corrected chi connectivity index (χ4v) is 2.42. The molecule has 1 amide bonds. The normalized spacial score (nSPS) is 31.9. The summed E-state index contributed by atoms with van der Waals surface area (Å²) < 4.78 is 0. The molecule has 0 bridgehead atoms. The van der Waals surface area contributed by atoms with Crippen LogP contribution in [0, 0.1) is 11.3 Å². The fraction of sp³-hybridized carbons (Fsp3) is 0.800. The first-order chi connectivity index (χ1) is 6.56. The van der Waals surface area contributed by atoms with Crippen molar-refractivity contribution in [1.29, 1.82) is 0 Å². The van der Waals surface area contributed by atoms with Crippen LogP contribution in [0.25, 0.3) is 0 Å². The molecule has 1 saturated carbocycles. The first-order valence-electron chi connectivity index (χ1n) is 5.05. The van der Waals surface area contributed by atoms with Crippen molar-refractivity contribution in [3.05, 3.63) is 0 Å². The highest BCUT2D eigenvalue weighted by atomic mass is 16.4. The molecule has 0 spiro atoms. The summed E-state index contributed by atoms with van der Waals surface area (Å²) in [5.74, 6) is -0.415. The van der Waals surface area contributed by atoms with Crippen LogP contribution in [-0.2, 0) is 9.59 Å². The molecule has 4 heteroatoms. The van der Waals surface area contributed by atoms with Crippen LogP contribution in [0.3, 0.4) is 0 Å². The topological polar surface area (TPSA) is 57.6 Å². The molecule has 0 aromatic heterocycles. The maximum Gasteiger partial charge on any atom is 0.311 e. The first kappa shape index (κ1) is 9.49. The summed E-state index contributed by atoms with van der Waals surface area (Å²) in [6.45, 7) is 2.53. The van der Waals surface area contributed by atoms with E-state index in [0.29, 0.717) is 25.4 Å². The van der Waals surface area contributed by atoms with E-state index < -0.39 is 11.4 Å². The molecule has 2 fully saturated rings. The van der Waals surface area contributed by atoms with Crippen LogP contribution >= 0.6 is 0 Å². The van der Waals surface area contributed by atoms with Gasteiger partial charge in [0.05, 0.1) is 5.41 Å². The van der Waals surface area contributed by atoms with Gasteiger partial charge in [0.15, 0.2) is 0 Å². The summed E-state index contributed by atoms with van der Waals surface area (Å²) in [6, 6.07) is 0. The molecule has 78 valence electrons. The van der Waals surface area contributed by atoms with E-state index in [4.69, 9.17) is 0 Å². The second-order valence-electron chi connectivity index (χ2n) is 4.43. The van der Waals surface area contributed by atoms with Gasteiger partial charge in [-0.1, -0.05) is 0 Å². The van der Waals surface area contributed by atoms with Crippen molar-refractivity contribution in [2.24, 2.45) is 11.3 Å². The van der Waals surface area contributed by atoms with Crippen LogP contribution in [0.1, 0.15) is 26.2 Å². The third-order valence-corrected chi connectivity index (χ3v) is 3.53. The summed E-state index contributed by atoms with van der Waals surface area (Å²) in [4.78, 5) is 24.0. The zero-order valence-electron chi connectivity index (χ0n) is 8.32. The molecule has 14 heavy (non-hydrogen) atoms.